The molecule has 43 heavy (non-hydrogen) atoms. The molecular formula is C35H40N8. The van der Waals surface area contributed by atoms with E-state index in [1.807, 2.05) is 0 Å². The van der Waals surface area contributed by atoms with Crippen LogP contribution >= 0.6 is 0 Å². The SMILES string of the molecule is Cc1cc(C)c2c(c1)-c1nc(N(C3CN(c4ncnc5c4CCCc4ccccc4-5)C3)N3CCNCC3)ncc1CCC2. The van der Waals surface area contributed by atoms with Gasteiger partial charge in [0.05, 0.1) is 17.4 Å². The number of hydrazine groups is 1. The lowest BCUT2D eigenvalue weighted by Gasteiger charge is -2.50. The minimum atomic E-state index is 0.282. The van der Waals surface area contributed by atoms with Crippen molar-refractivity contribution in [1.29, 1.82) is 0 Å². The summed E-state index contributed by atoms with van der Waals surface area (Å²) >= 11 is 0. The summed E-state index contributed by atoms with van der Waals surface area (Å²) in [7, 11) is 0. The van der Waals surface area contributed by atoms with Gasteiger partial charge in [0.25, 0.3) is 0 Å². The second-order valence-electron chi connectivity index (χ2n) is 12.6. The van der Waals surface area contributed by atoms with Crippen LogP contribution in [0.3, 0.4) is 0 Å². The fraction of sp³-hybridized carbons (Fsp3) is 0.429. The monoisotopic (exact) mass is 572 g/mol. The number of aromatic nitrogens is 4. The first-order chi connectivity index (χ1) is 21.1. The van der Waals surface area contributed by atoms with Gasteiger partial charge in [0, 0.05) is 62.2 Å². The highest BCUT2D eigenvalue weighted by Gasteiger charge is 2.39. The van der Waals surface area contributed by atoms with Crippen molar-refractivity contribution in [3.63, 3.8) is 0 Å². The van der Waals surface area contributed by atoms with Crippen molar-refractivity contribution < 1.29 is 0 Å². The van der Waals surface area contributed by atoms with Crippen molar-refractivity contribution in [2.24, 2.45) is 0 Å². The number of nitrogens with zero attached hydrogens (tertiary/aromatic N) is 7. The van der Waals surface area contributed by atoms with Crippen LogP contribution in [0.4, 0.5) is 11.8 Å². The molecule has 0 unspecified atom stereocenters. The van der Waals surface area contributed by atoms with E-state index in [1.54, 1.807) is 6.33 Å². The quantitative estimate of drug-likeness (QED) is 0.377. The van der Waals surface area contributed by atoms with E-state index in [0.717, 1.165) is 101 Å². The minimum Gasteiger partial charge on any atom is -0.352 e. The predicted octanol–water partition coefficient (Wildman–Crippen LogP) is 4.71. The molecule has 0 radical (unpaired) electrons. The number of piperazine rings is 1. The smallest absolute Gasteiger partial charge is 0.241 e. The Balaban J connectivity index is 1.13. The highest BCUT2D eigenvalue weighted by atomic mass is 15.7. The molecule has 0 amide bonds. The molecule has 2 saturated heterocycles. The van der Waals surface area contributed by atoms with Crippen LogP contribution in [-0.4, -0.2) is 70.3 Å². The van der Waals surface area contributed by atoms with E-state index in [9.17, 15) is 0 Å². The Kier molecular flexibility index (Phi) is 6.83. The van der Waals surface area contributed by atoms with E-state index in [4.69, 9.17) is 19.9 Å². The van der Waals surface area contributed by atoms with Crippen LogP contribution in [0.15, 0.2) is 48.9 Å². The van der Waals surface area contributed by atoms with Crippen molar-refractivity contribution in [2.45, 2.75) is 58.4 Å². The molecule has 2 fully saturated rings. The maximum Gasteiger partial charge on any atom is 0.241 e. The van der Waals surface area contributed by atoms with E-state index in [-0.39, 0.29) is 6.04 Å². The average molecular weight is 573 g/mol. The number of hydrogen-bond donors (Lipinski definition) is 1. The fourth-order valence-corrected chi connectivity index (χ4v) is 7.66. The summed E-state index contributed by atoms with van der Waals surface area (Å²) in [6.45, 7) is 10.1. The Morgan fingerprint density at radius 2 is 1.60 bits per heavy atom. The van der Waals surface area contributed by atoms with Crippen molar-refractivity contribution in [3.05, 3.63) is 82.3 Å². The van der Waals surface area contributed by atoms with Crippen LogP contribution < -0.4 is 15.2 Å². The maximum atomic E-state index is 5.39. The topological polar surface area (TPSA) is 73.3 Å². The number of hydrogen-bond acceptors (Lipinski definition) is 8. The van der Waals surface area contributed by atoms with E-state index in [2.05, 4.69) is 76.7 Å². The van der Waals surface area contributed by atoms with Gasteiger partial charge in [0.2, 0.25) is 5.95 Å². The third-order valence-electron chi connectivity index (χ3n) is 9.78. The molecule has 8 heteroatoms. The van der Waals surface area contributed by atoms with Gasteiger partial charge < -0.3 is 10.2 Å². The molecule has 4 heterocycles. The predicted molar refractivity (Wildman–Crippen MR) is 171 cm³/mol. The van der Waals surface area contributed by atoms with Gasteiger partial charge in [-0.2, -0.15) is 0 Å². The number of nitrogens with one attached hydrogen (secondary N) is 1. The number of rotatable bonds is 4. The van der Waals surface area contributed by atoms with E-state index >= 15 is 0 Å². The summed E-state index contributed by atoms with van der Waals surface area (Å²) in [6.07, 6.45) is 10.3. The summed E-state index contributed by atoms with van der Waals surface area (Å²) < 4.78 is 0. The zero-order valence-corrected chi connectivity index (χ0v) is 25.3. The first-order valence-electron chi connectivity index (χ1n) is 16.0. The molecular weight excluding hydrogens is 532 g/mol. The minimum absolute atomic E-state index is 0.282. The van der Waals surface area contributed by atoms with Crippen molar-refractivity contribution in [1.82, 2.24) is 30.3 Å². The summed E-state index contributed by atoms with van der Waals surface area (Å²) in [5.41, 5.74) is 12.9. The van der Waals surface area contributed by atoms with Gasteiger partial charge in [-0.05, 0) is 80.7 Å². The van der Waals surface area contributed by atoms with E-state index in [1.165, 1.54) is 44.5 Å². The summed E-state index contributed by atoms with van der Waals surface area (Å²) in [6, 6.07) is 13.7. The Bertz CT molecular complexity index is 1670. The van der Waals surface area contributed by atoms with Crippen LogP contribution in [-0.2, 0) is 25.7 Å². The second-order valence-corrected chi connectivity index (χ2v) is 12.6. The molecule has 0 bridgehead atoms. The Labute approximate surface area is 254 Å². The fourth-order valence-electron chi connectivity index (χ4n) is 7.66. The van der Waals surface area contributed by atoms with Crippen LogP contribution in [0.5, 0.6) is 0 Å². The number of aryl methyl sites for hydroxylation is 4. The molecule has 2 aliphatic carbocycles. The second kappa shape index (κ2) is 11.0. The van der Waals surface area contributed by atoms with E-state index in [0.29, 0.717) is 0 Å². The molecule has 0 spiro atoms. The zero-order valence-electron chi connectivity index (χ0n) is 25.3. The van der Waals surface area contributed by atoms with Gasteiger partial charge in [0.1, 0.15) is 12.1 Å². The van der Waals surface area contributed by atoms with Crippen LogP contribution in [0.1, 0.15) is 46.2 Å². The van der Waals surface area contributed by atoms with Crippen LogP contribution in [0.2, 0.25) is 0 Å². The molecule has 2 aromatic heterocycles. The maximum absolute atomic E-state index is 5.39. The van der Waals surface area contributed by atoms with Gasteiger partial charge in [0.15, 0.2) is 0 Å². The highest BCUT2D eigenvalue weighted by molar-refractivity contribution is 5.74. The molecule has 220 valence electrons. The van der Waals surface area contributed by atoms with Crippen molar-refractivity contribution >= 4 is 11.8 Å². The molecule has 1 N–H and O–H groups in total. The first-order valence-corrected chi connectivity index (χ1v) is 16.0. The molecule has 8 rings (SSSR count). The zero-order chi connectivity index (χ0) is 28.9. The summed E-state index contributed by atoms with van der Waals surface area (Å²) in [5, 5.41) is 8.41. The molecule has 0 atom stereocenters. The standard InChI is InChI=1S/C35H40N8/c1-23-17-24(2)28-11-6-9-26-19-37-35(40-32(26)31(28)18-23)43(42-15-13-36-14-16-42)27-20-41(21-27)34-30-12-5-8-25-7-3-4-10-29(25)33(30)38-22-39-34/h3-4,7,10,17-19,22,27,36H,5-6,8-9,11-16,20-21H2,1-2H3. The lowest BCUT2D eigenvalue weighted by Crippen LogP contribution is -2.67. The third-order valence-corrected chi connectivity index (χ3v) is 9.78. The van der Waals surface area contributed by atoms with Crippen molar-refractivity contribution in [2.75, 3.05) is 49.2 Å². The third kappa shape index (κ3) is 4.77. The van der Waals surface area contributed by atoms with Gasteiger partial charge in [-0.15, -0.1) is 0 Å². The van der Waals surface area contributed by atoms with Gasteiger partial charge in [-0.3, -0.25) is 5.01 Å². The Morgan fingerprint density at radius 3 is 2.47 bits per heavy atom. The average Bonchev–Trinajstić information content (AvgIpc) is 3.31. The summed E-state index contributed by atoms with van der Waals surface area (Å²) in [4.78, 5) is 22.5. The lowest BCUT2D eigenvalue weighted by atomic mass is 9.95. The van der Waals surface area contributed by atoms with Gasteiger partial charge in [-0.1, -0.05) is 35.9 Å². The lowest BCUT2D eigenvalue weighted by molar-refractivity contribution is 0.181. The Hall–Kier alpha value is -3.88. The molecule has 4 aliphatic rings. The number of benzene rings is 2. The number of fused-ring (bicyclic) bond motifs is 6. The van der Waals surface area contributed by atoms with E-state index < -0.39 is 0 Å². The molecule has 8 nitrogen and oxygen atoms in total. The normalized spacial score (nSPS) is 18.4. The van der Waals surface area contributed by atoms with Crippen LogP contribution in [0, 0.1) is 13.8 Å². The highest BCUT2D eigenvalue weighted by Crippen LogP contribution is 2.38. The van der Waals surface area contributed by atoms with Gasteiger partial charge >= 0.3 is 0 Å². The molecule has 2 aromatic carbocycles. The van der Waals surface area contributed by atoms with Crippen molar-refractivity contribution in [3.8, 4) is 22.5 Å². The Morgan fingerprint density at radius 1 is 0.814 bits per heavy atom. The molecule has 0 saturated carbocycles. The largest absolute Gasteiger partial charge is 0.352 e. The summed E-state index contributed by atoms with van der Waals surface area (Å²) in [5.74, 6) is 1.92. The van der Waals surface area contributed by atoms with Crippen LogP contribution in [0.25, 0.3) is 22.5 Å². The molecule has 2 aliphatic heterocycles. The van der Waals surface area contributed by atoms with Gasteiger partial charge in [-0.25, -0.2) is 24.9 Å². The molecule has 4 aromatic rings. The first kappa shape index (κ1) is 26.7. The number of anilines is 2.